The van der Waals surface area contributed by atoms with E-state index in [9.17, 15) is 0 Å². The van der Waals surface area contributed by atoms with Crippen LogP contribution in [-0.2, 0) is 6.42 Å². The molecule has 3 aromatic rings. The summed E-state index contributed by atoms with van der Waals surface area (Å²) in [5.74, 6) is 0. The molecular weight excluding hydrogens is 425 g/mol. The van der Waals surface area contributed by atoms with Gasteiger partial charge in [0.15, 0.2) is 0 Å². The molecular formula is C23H28Cl3N3. The van der Waals surface area contributed by atoms with Gasteiger partial charge in [0.25, 0.3) is 0 Å². The molecule has 0 spiro atoms. The maximum absolute atomic E-state index is 6.09. The Kier molecular flexibility index (Phi) is 9.51. The molecule has 2 N–H and O–H groups in total. The van der Waals surface area contributed by atoms with Crippen molar-refractivity contribution in [2.45, 2.75) is 44.2 Å². The smallest absolute Gasteiger partial charge is 0.0737 e. The van der Waals surface area contributed by atoms with Gasteiger partial charge in [-0.05, 0) is 68.5 Å². The van der Waals surface area contributed by atoms with Gasteiger partial charge in [-0.15, -0.1) is 24.8 Å². The van der Waals surface area contributed by atoms with Crippen LogP contribution < -0.4 is 10.6 Å². The molecule has 0 bridgehead atoms. The second-order valence-corrected chi connectivity index (χ2v) is 7.84. The number of benzene rings is 2. The molecule has 1 saturated carbocycles. The van der Waals surface area contributed by atoms with Crippen molar-refractivity contribution in [3.8, 4) is 0 Å². The Hall–Kier alpha value is -1.52. The van der Waals surface area contributed by atoms with Crippen LogP contribution in [0.3, 0.4) is 0 Å². The van der Waals surface area contributed by atoms with Crippen LogP contribution in [0.15, 0.2) is 60.8 Å². The number of nitrogens with zero attached hydrogens (tertiary/aromatic N) is 1. The third-order valence-corrected chi connectivity index (χ3v) is 5.72. The fourth-order valence-corrected chi connectivity index (χ4v) is 4.14. The van der Waals surface area contributed by atoms with E-state index in [4.69, 9.17) is 11.6 Å². The summed E-state index contributed by atoms with van der Waals surface area (Å²) in [6.07, 6.45) is 7.80. The predicted octanol–water partition coefficient (Wildman–Crippen LogP) is 6.29. The van der Waals surface area contributed by atoms with Crippen molar-refractivity contribution in [1.82, 2.24) is 10.3 Å². The molecule has 29 heavy (non-hydrogen) atoms. The Morgan fingerprint density at radius 2 is 1.62 bits per heavy atom. The molecule has 3 nitrogen and oxygen atoms in total. The number of fused-ring (bicyclic) bond motifs is 1. The molecule has 0 amide bonds. The summed E-state index contributed by atoms with van der Waals surface area (Å²) in [6.45, 7) is 1.06. The third-order valence-electron chi connectivity index (χ3n) is 5.48. The first-order valence-electron chi connectivity index (χ1n) is 9.86. The molecule has 0 aliphatic heterocycles. The van der Waals surface area contributed by atoms with Gasteiger partial charge in [-0.1, -0.05) is 41.9 Å². The summed E-state index contributed by atoms with van der Waals surface area (Å²) in [7, 11) is 0. The van der Waals surface area contributed by atoms with Crippen LogP contribution in [0.4, 0.5) is 5.69 Å². The summed E-state index contributed by atoms with van der Waals surface area (Å²) in [6, 6.07) is 19.9. The van der Waals surface area contributed by atoms with Gasteiger partial charge < -0.3 is 10.6 Å². The summed E-state index contributed by atoms with van der Waals surface area (Å²) >= 11 is 6.09. The molecule has 1 heterocycles. The molecule has 6 heteroatoms. The number of aromatic nitrogens is 1. The van der Waals surface area contributed by atoms with Gasteiger partial charge in [0.05, 0.1) is 5.52 Å². The highest BCUT2D eigenvalue weighted by molar-refractivity contribution is 6.31. The first-order chi connectivity index (χ1) is 13.3. The summed E-state index contributed by atoms with van der Waals surface area (Å²) in [5, 5.41) is 9.35. The highest BCUT2D eigenvalue weighted by Gasteiger charge is 2.21. The second-order valence-electron chi connectivity index (χ2n) is 7.40. The Balaban J connectivity index is 0.00000150. The quantitative estimate of drug-likeness (QED) is 0.461. The lowest BCUT2D eigenvalue weighted by Crippen LogP contribution is -2.37. The van der Waals surface area contributed by atoms with Gasteiger partial charge in [-0.2, -0.15) is 0 Å². The van der Waals surface area contributed by atoms with E-state index in [0.717, 1.165) is 34.6 Å². The van der Waals surface area contributed by atoms with E-state index in [-0.39, 0.29) is 24.8 Å². The number of hydrogen-bond donors (Lipinski definition) is 2. The van der Waals surface area contributed by atoms with Crippen LogP contribution in [0.25, 0.3) is 10.9 Å². The van der Waals surface area contributed by atoms with Crippen molar-refractivity contribution < 1.29 is 0 Å². The Bertz CT molecular complexity index is 881. The Labute approximate surface area is 190 Å². The molecule has 2 aromatic carbocycles. The zero-order valence-corrected chi connectivity index (χ0v) is 18.7. The summed E-state index contributed by atoms with van der Waals surface area (Å²) < 4.78 is 0. The minimum atomic E-state index is 0. The zero-order valence-electron chi connectivity index (χ0n) is 16.3. The van der Waals surface area contributed by atoms with E-state index in [1.807, 2.05) is 18.3 Å². The van der Waals surface area contributed by atoms with E-state index in [1.165, 1.54) is 31.2 Å². The van der Waals surface area contributed by atoms with E-state index in [0.29, 0.717) is 12.1 Å². The molecule has 0 atom stereocenters. The monoisotopic (exact) mass is 451 g/mol. The van der Waals surface area contributed by atoms with Crippen LogP contribution in [0.1, 0.15) is 31.2 Å². The van der Waals surface area contributed by atoms with Crippen molar-refractivity contribution in [3.63, 3.8) is 0 Å². The van der Waals surface area contributed by atoms with Crippen molar-refractivity contribution in [2.75, 3.05) is 11.9 Å². The van der Waals surface area contributed by atoms with E-state index in [1.54, 1.807) is 0 Å². The summed E-state index contributed by atoms with van der Waals surface area (Å²) in [5.41, 5.74) is 3.52. The van der Waals surface area contributed by atoms with Crippen LogP contribution in [0, 0.1) is 0 Å². The lowest BCUT2D eigenvalue weighted by Gasteiger charge is -2.30. The second kappa shape index (κ2) is 11.6. The van der Waals surface area contributed by atoms with Gasteiger partial charge in [0, 0.05) is 34.4 Å². The van der Waals surface area contributed by atoms with Gasteiger partial charge in [0.1, 0.15) is 0 Å². The van der Waals surface area contributed by atoms with E-state index >= 15 is 0 Å². The van der Waals surface area contributed by atoms with Crippen molar-refractivity contribution in [1.29, 1.82) is 0 Å². The summed E-state index contributed by atoms with van der Waals surface area (Å²) in [4.78, 5) is 4.43. The maximum Gasteiger partial charge on any atom is 0.0737 e. The fourth-order valence-electron chi connectivity index (χ4n) is 3.97. The van der Waals surface area contributed by atoms with Crippen molar-refractivity contribution >= 4 is 53.0 Å². The SMILES string of the molecule is Cl.Cl.Clc1ccc2c(N[C@H]3CC[C@@H](NCCc4ccccc4)CC3)ccnc2c1. The molecule has 1 fully saturated rings. The van der Waals surface area contributed by atoms with Crippen LogP contribution in [0.2, 0.25) is 5.02 Å². The van der Waals surface area contributed by atoms with Gasteiger partial charge in [-0.25, -0.2) is 0 Å². The lowest BCUT2D eigenvalue weighted by molar-refractivity contribution is 0.356. The predicted molar refractivity (Wildman–Crippen MR) is 129 cm³/mol. The number of pyridine rings is 1. The maximum atomic E-state index is 6.09. The standard InChI is InChI=1S/C23H26ClN3.2ClH/c24-18-6-11-21-22(13-15-26-23(21)16-18)27-20-9-7-19(8-10-20)25-14-12-17-4-2-1-3-5-17;;/h1-6,11,13,15-16,19-20,25H,7-10,12,14H2,(H,26,27);2*1H/t19-,20+;;. The number of anilines is 1. The minimum Gasteiger partial charge on any atom is -0.382 e. The Morgan fingerprint density at radius 3 is 2.38 bits per heavy atom. The molecule has 156 valence electrons. The number of rotatable bonds is 6. The largest absolute Gasteiger partial charge is 0.382 e. The average molecular weight is 453 g/mol. The molecule has 0 radical (unpaired) electrons. The van der Waals surface area contributed by atoms with E-state index in [2.05, 4.69) is 58.1 Å². The molecule has 1 aromatic heterocycles. The van der Waals surface area contributed by atoms with Gasteiger partial charge in [0.2, 0.25) is 0 Å². The van der Waals surface area contributed by atoms with E-state index < -0.39 is 0 Å². The van der Waals surface area contributed by atoms with Crippen LogP contribution in [-0.4, -0.2) is 23.6 Å². The third kappa shape index (κ3) is 6.48. The normalized spacial score (nSPS) is 18.5. The molecule has 1 aliphatic rings. The zero-order chi connectivity index (χ0) is 18.5. The van der Waals surface area contributed by atoms with Crippen LogP contribution in [0.5, 0.6) is 0 Å². The van der Waals surface area contributed by atoms with Gasteiger partial charge >= 0.3 is 0 Å². The number of halogens is 3. The molecule has 4 rings (SSSR count). The highest BCUT2D eigenvalue weighted by atomic mass is 35.5. The number of nitrogens with one attached hydrogen (secondary N) is 2. The minimum absolute atomic E-state index is 0. The lowest BCUT2D eigenvalue weighted by atomic mass is 9.90. The first kappa shape index (κ1) is 23.8. The highest BCUT2D eigenvalue weighted by Crippen LogP contribution is 2.28. The topological polar surface area (TPSA) is 37.0 Å². The molecule has 1 aliphatic carbocycles. The van der Waals surface area contributed by atoms with Crippen LogP contribution >= 0.6 is 36.4 Å². The fraction of sp³-hybridized carbons (Fsp3) is 0.348. The van der Waals surface area contributed by atoms with Crippen molar-refractivity contribution in [3.05, 3.63) is 71.4 Å². The van der Waals surface area contributed by atoms with Gasteiger partial charge in [-0.3, -0.25) is 4.98 Å². The first-order valence-corrected chi connectivity index (χ1v) is 10.2. The van der Waals surface area contributed by atoms with Crippen molar-refractivity contribution in [2.24, 2.45) is 0 Å². The molecule has 0 saturated heterocycles. The average Bonchev–Trinajstić information content (AvgIpc) is 2.70. The number of hydrogen-bond acceptors (Lipinski definition) is 3. The Morgan fingerprint density at radius 1 is 0.897 bits per heavy atom. The molecule has 0 unspecified atom stereocenters.